The summed E-state index contributed by atoms with van der Waals surface area (Å²) in [7, 11) is 0. The Balaban J connectivity index is 2.50. The molecule has 6 nitrogen and oxygen atoms in total. The van der Waals surface area contributed by atoms with E-state index in [2.05, 4.69) is 0 Å². The number of thiophene rings is 1. The van der Waals surface area contributed by atoms with E-state index < -0.39 is 28.8 Å². The molecule has 0 saturated heterocycles. The van der Waals surface area contributed by atoms with E-state index in [0.29, 0.717) is 17.7 Å². The van der Waals surface area contributed by atoms with Gasteiger partial charge in [-0.3, -0.25) is 19.7 Å². The molecule has 1 aromatic heterocycles. The number of carbonyl (C=O) groups excluding carboxylic acids is 2. The molecule has 1 saturated carbocycles. The fourth-order valence-corrected chi connectivity index (χ4v) is 4.08. The number of hydrogen-bond donors (Lipinski definition) is 0. The van der Waals surface area contributed by atoms with Gasteiger partial charge in [0.15, 0.2) is 5.78 Å². The lowest BCUT2D eigenvalue weighted by atomic mass is 9.64. The predicted molar refractivity (Wildman–Crippen MR) is 81.5 cm³/mol. The van der Waals surface area contributed by atoms with Crippen molar-refractivity contribution in [1.82, 2.24) is 0 Å². The highest BCUT2D eigenvalue weighted by Gasteiger charge is 2.56. The van der Waals surface area contributed by atoms with E-state index >= 15 is 0 Å². The van der Waals surface area contributed by atoms with Crippen LogP contribution in [0.2, 0.25) is 0 Å². The van der Waals surface area contributed by atoms with Crippen LogP contribution < -0.4 is 0 Å². The summed E-state index contributed by atoms with van der Waals surface area (Å²) in [6, 6.07) is 3.53. The molecule has 0 radical (unpaired) electrons. The Morgan fingerprint density at radius 3 is 2.86 bits per heavy atom. The van der Waals surface area contributed by atoms with Gasteiger partial charge in [0.05, 0.1) is 12.5 Å². The fourth-order valence-electron chi connectivity index (χ4n) is 3.17. The van der Waals surface area contributed by atoms with E-state index in [0.717, 1.165) is 6.42 Å². The molecule has 1 aromatic rings. The summed E-state index contributed by atoms with van der Waals surface area (Å²) in [6.45, 7) is 1.39. The van der Waals surface area contributed by atoms with Crippen LogP contribution in [0.25, 0.3) is 0 Å². The Labute approximate surface area is 132 Å². The summed E-state index contributed by atoms with van der Waals surface area (Å²) in [6.07, 6.45) is 2.01. The minimum absolute atomic E-state index is 0.156. The van der Waals surface area contributed by atoms with E-state index in [1.54, 1.807) is 24.4 Å². The highest BCUT2D eigenvalue weighted by Crippen LogP contribution is 2.47. The summed E-state index contributed by atoms with van der Waals surface area (Å²) in [4.78, 5) is 36.6. The Morgan fingerprint density at radius 2 is 2.32 bits per heavy atom. The number of nitrogens with zero attached hydrogens (tertiary/aromatic N) is 1. The van der Waals surface area contributed by atoms with Crippen LogP contribution in [0.5, 0.6) is 0 Å². The lowest BCUT2D eigenvalue weighted by Gasteiger charge is -2.37. The normalized spacial score (nSPS) is 23.0. The number of ketones is 1. The van der Waals surface area contributed by atoms with Crippen LogP contribution in [0.1, 0.15) is 43.4 Å². The maximum absolute atomic E-state index is 12.6. The van der Waals surface area contributed by atoms with Gasteiger partial charge in [0, 0.05) is 16.2 Å². The van der Waals surface area contributed by atoms with Crippen LogP contribution in [-0.4, -0.2) is 29.8 Å². The zero-order valence-electron chi connectivity index (χ0n) is 12.4. The zero-order chi connectivity index (χ0) is 16.2. The van der Waals surface area contributed by atoms with Gasteiger partial charge in [-0.15, -0.1) is 11.3 Å². The molecule has 0 aliphatic heterocycles. The molecule has 0 bridgehead atoms. The second-order valence-corrected chi connectivity index (χ2v) is 6.38. The quantitative estimate of drug-likeness (QED) is 0.347. The van der Waals surface area contributed by atoms with Gasteiger partial charge in [-0.2, -0.15) is 0 Å². The van der Waals surface area contributed by atoms with Crippen molar-refractivity contribution in [1.29, 1.82) is 0 Å². The van der Waals surface area contributed by atoms with Gasteiger partial charge in [0.25, 0.3) is 0 Å². The van der Waals surface area contributed by atoms with E-state index in [1.807, 2.05) is 0 Å². The number of carbonyl (C=O) groups is 2. The van der Waals surface area contributed by atoms with Crippen molar-refractivity contribution in [2.24, 2.45) is 5.41 Å². The van der Waals surface area contributed by atoms with Crippen LogP contribution in [0.15, 0.2) is 17.5 Å². The number of esters is 1. The van der Waals surface area contributed by atoms with Gasteiger partial charge in [0.1, 0.15) is 5.41 Å². The lowest BCUT2D eigenvalue weighted by Crippen LogP contribution is -2.49. The molecule has 1 heterocycles. The summed E-state index contributed by atoms with van der Waals surface area (Å²) in [5, 5.41) is 12.9. The van der Waals surface area contributed by atoms with Crippen LogP contribution in [0, 0.1) is 15.5 Å². The van der Waals surface area contributed by atoms with Crippen molar-refractivity contribution in [3.05, 3.63) is 32.5 Å². The van der Waals surface area contributed by atoms with Crippen LogP contribution in [0.3, 0.4) is 0 Å². The maximum Gasteiger partial charge on any atom is 0.320 e. The molecular formula is C15H19NO5S. The van der Waals surface area contributed by atoms with Crippen molar-refractivity contribution >= 4 is 23.1 Å². The third-order valence-corrected chi connectivity index (χ3v) is 5.16. The van der Waals surface area contributed by atoms with E-state index in [-0.39, 0.29) is 18.8 Å². The van der Waals surface area contributed by atoms with Crippen LogP contribution in [-0.2, 0) is 14.3 Å². The van der Waals surface area contributed by atoms with Gasteiger partial charge in [0.2, 0.25) is 6.54 Å². The minimum atomic E-state index is -1.41. The summed E-state index contributed by atoms with van der Waals surface area (Å²) in [5.74, 6) is -1.59. The van der Waals surface area contributed by atoms with Crippen molar-refractivity contribution in [2.45, 2.75) is 38.5 Å². The van der Waals surface area contributed by atoms with Crippen molar-refractivity contribution in [3.63, 3.8) is 0 Å². The van der Waals surface area contributed by atoms with Gasteiger partial charge in [-0.25, -0.2) is 0 Å². The molecule has 0 N–H and O–H groups in total. The van der Waals surface area contributed by atoms with Crippen LogP contribution in [0.4, 0.5) is 0 Å². The molecule has 2 atom stereocenters. The summed E-state index contributed by atoms with van der Waals surface area (Å²) < 4.78 is 5.14. The monoisotopic (exact) mass is 325 g/mol. The average molecular weight is 325 g/mol. The van der Waals surface area contributed by atoms with Gasteiger partial charge in [-0.05, 0) is 31.2 Å². The molecule has 7 heteroatoms. The first kappa shape index (κ1) is 16.6. The van der Waals surface area contributed by atoms with Crippen molar-refractivity contribution < 1.29 is 19.2 Å². The van der Waals surface area contributed by atoms with Gasteiger partial charge in [-0.1, -0.05) is 12.5 Å². The van der Waals surface area contributed by atoms with Crippen LogP contribution >= 0.6 is 11.3 Å². The molecule has 1 fully saturated rings. The van der Waals surface area contributed by atoms with E-state index in [9.17, 15) is 19.7 Å². The molecular weight excluding hydrogens is 306 g/mol. The average Bonchev–Trinajstić information content (AvgIpc) is 2.99. The largest absolute Gasteiger partial charge is 0.465 e. The lowest BCUT2D eigenvalue weighted by molar-refractivity contribution is -0.485. The molecule has 1 aliphatic rings. The fraction of sp³-hybridized carbons (Fsp3) is 0.600. The first-order valence-corrected chi connectivity index (χ1v) is 8.26. The highest BCUT2D eigenvalue weighted by atomic mass is 32.1. The molecule has 0 aromatic carbocycles. The summed E-state index contributed by atoms with van der Waals surface area (Å²) >= 11 is 1.34. The third-order valence-electron chi connectivity index (χ3n) is 4.18. The first-order chi connectivity index (χ1) is 10.5. The topological polar surface area (TPSA) is 86.5 Å². The van der Waals surface area contributed by atoms with Gasteiger partial charge >= 0.3 is 5.97 Å². The zero-order valence-corrected chi connectivity index (χ0v) is 13.3. The standard InChI is InChI=1S/C15H19NO5S/c1-2-21-14(18)15(8-4-3-7-13(15)17)11(10-16(19)20)12-6-5-9-22-12/h5-6,9,11H,2-4,7-8,10H2,1H3. The molecule has 0 spiro atoms. The Kier molecular flexibility index (Phi) is 5.28. The first-order valence-electron chi connectivity index (χ1n) is 7.38. The molecule has 22 heavy (non-hydrogen) atoms. The van der Waals surface area contributed by atoms with Gasteiger partial charge < -0.3 is 4.74 Å². The Bertz CT molecular complexity index is 556. The Morgan fingerprint density at radius 1 is 1.55 bits per heavy atom. The molecule has 120 valence electrons. The number of ether oxygens (including phenoxy) is 1. The second-order valence-electron chi connectivity index (χ2n) is 5.41. The van der Waals surface area contributed by atoms with E-state index in [1.165, 1.54) is 11.3 Å². The second kappa shape index (κ2) is 7.00. The molecule has 2 unspecified atom stereocenters. The minimum Gasteiger partial charge on any atom is -0.465 e. The Hall–Kier alpha value is -1.76. The number of hydrogen-bond acceptors (Lipinski definition) is 6. The number of rotatable bonds is 6. The third kappa shape index (κ3) is 3.04. The summed E-state index contributed by atoms with van der Waals surface area (Å²) in [5.41, 5.74) is -1.41. The number of nitro groups is 1. The highest BCUT2D eigenvalue weighted by molar-refractivity contribution is 7.10. The molecule has 2 rings (SSSR count). The maximum atomic E-state index is 12.6. The SMILES string of the molecule is CCOC(=O)C1(C(C[N+](=O)[O-])c2cccs2)CCCCC1=O. The van der Waals surface area contributed by atoms with E-state index in [4.69, 9.17) is 4.74 Å². The molecule has 1 aliphatic carbocycles. The molecule has 0 amide bonds. The smallest absolute Gasteiger partial charge is 0.320 e. The number of Topliss-reactive ketones (excluding diaryl/α,β-unsaturated/α-hetero) is 1. The predicted octanol–water partition coefficient (Wildman–Crippen LogP) is 2.80. The van der Waals surface area contributed by atoms with Crippen molar-refractivity contribution in [3.8, 4) is 0 Å². The van der Waals surface area contributed by atoms with Crippen molar-refractivity contribution in [2.75, 3.05) is 13.2 Å².